The number of phenolic OH excluding ortho intramolecular Hbond substituents is 1. The minimum absolute atomic E-state index is 0.0195. The van der Waals surface area contributed by atoms with Crippen molar-refractivity contribution in [2.45, 2.75) is 13.3 Å². The lowest BCUT2D eigenvalue weighted by molar-refractivity contribution is 0.105. The molecule has 0 aliphatic heterocycles. The number of halogens is 1. The monoisotopic (exact) mass is 292 g/mol. The Bertz CT molecular complexity index is 629. The molecule has 1 heterocycles. The molecule has 0 aliphatic rings. The Labute approximate surface area is 121 Å². The van der Waals surface area contributed by atoms with Gasteiger partial charge in [-0.1, -0.05) is 30.7 Å². The van der Waals surface area contributed by atoms with E-state index in [2.05, 4.69) is 6.92 Å². The highest BCUT2D eigenvalue weighted by atomic mass is 35.5. The van der Waals surface area contributed by atoms with Gasteiger partial charge in [-0.05, 0) is 42.3 Å². The fourth-order valence-corrected chi connectivity index (χ4v) is 2.64. The molecule has 4 heteroatoms. The molecule has 1 N–H and O–H groups in total. The van der Waals surface area contributed by atoms with Gasteiger partial charge in [0.15, 0.2) is 5.78 Å². The Hall–Kier alpha value is -1.58. The fourth-order valence-electron chi connectivity index (χ4n) is 1.58. The van der Waals surface area contributed by atoms with Crippen LogP contribution in [0.25, 0.3) is 6.08 Å². The number of ketones is 1. The Morgan fingerprint density at radius 1 is 1.37 bits per heavy atom. The first-order chi connectivity index (χ1) is 9.10. The summed E-state index contributed by atoms with van der Waals surface area (Å²) < 4.78 is 0. The van der Waals surface area contributed by atoms with Crippen LogP contribution in [0.3, 0.4) is 0 Å². The molecular formula is C15H13ClO2S. The molecule has 0 atom stereocenters. The minimum Gasteiger partial charge on any atom is -0.506 e. The second-order valence-corrected chi connectivity index (χ2v) is 5.60. The Kier molecular flexibility index (Phi) is 4.40. The van der Waals surface area contributed by atoms with Gasteiger partial charge in [0.1, 0.15) is 5.75 Å². The zero-order valence-electron chi connectivity index (χ0n) is 10.4. The van der Waals surface area contributed by atoms with Crippen molar-refractivity contribution >= 4 is 34.8 Å². The molecule has 0 saturated carbocycles. The number of rotatable bonds is 4. The average molecular weight is 293 g/mol. The van der Waals surface area contributed by atoms with Crippen LogP contribution in [-0.4, -0.2) is 10.9 Å². The largest absolute Gasteiger partial charge is 0.506 e. The molecular weight excluding hydrogens is 280 g/mol. The molecule has 0 aliphatic carbocycles. The first kappa shape index (κ1) is 13.8. The quantitative estimate of drug-likeness (QED) is 0.662. The maximum Gasteiger partial charge on any atom is 0.195 e. The number of aryl methyl sites for hydroxylation is 1. The highest BCUT2D eigenvalue weighted by Crippen LogP contribution is 2.24. The minimum atomic E-state index is -0.0195. The number of benzene rings is 1. The molecule has 1 aromatic carbocycles. The number of carbonyl (C=O) groups is 1. The SMILES string of the molecule is CCc1ccc(C(=O)C=Cc2ccc(O)c(Cl)c2)s1. The molecule has 2 rings (SSSR count). The summed E-state index contributed by atoms with van der Waals surface area (Å²) in [6.07, 6.45) is 4.15. The average Bonchev–Trinajstić information content (AvgIpc) is 2.88. The molecule has 0 amide bonds. The van der Waals surface area contributed by atoms with Gasteiger partial charge in [0.05, 0.1) is 9.90 Å². The van der Waals surface area contributed by atoms with Crippen molar-refractivity contribution in [3.63, 3.8) is 0 Å². The van der Waals surface area contributed by atoms with E-state index in [0.29, 0.717) is 0 Å². The van der Waals surface area contributed by atoms with Gasteiger partial charge < -0.3 is 5.11 Å². The van der Waals surface area contributed by atoms with Gasteiger partial charge in [0.2, 0.25) is 0 Å². The molecule has 0 unspecified atom stereocenters. The second-order valence-electron chi connectivity index (χ2n) is 4.03. The summed E-state index contributed by atoms with van der Waals surface area (Å²) in [5, 5.41) is 9.58. The number of hydrogen-bond acceptors (Lipinski definition) is 3. The molecule has 2 aromatic rings. The second kappa shape index (κ2) is 6.04. The maximum atomic E-state index is 11.9. The van der Waals surface area contributed by atoms with E-state index in [-0.39, 0.29) is 16.6 Å². The van der Waals surface area contributed by atoms with Gasteiger partial charge in [-0.2, -0.15) is 0 Å². The number of thiophene rings is 1. The van der Waals surface area contributed by atoms with Crippen LogP contribution >= 0.6 is 22.9 Å². The molecule has 19 heavy (non-hydrogen) atoms. The lowest BCUT2D eigenvalue weighted by atomic mass is 10.2. The third kappa shape index (κ3) is 3.46. The predicted molar refractivity (Wildman–Crippen MR) is 80.2 cm³/mol. The summed E-state index contributed by atoms with van der Waals surface area (Å²) in [5.74, 6) is 0.0184. The molecule has 1 aromatic heterocycles. The van der Waals surface area contributed by atoms with Crippen molar-refractivity contribution in [2.24, 2.45) is 0 Å². The van der Waals surface area contributed by atoms with E-state index < -0.39 is 0 Å². The lowest BCUT2D eigenvalue weighted by Crippen LogP contribution is -1.88. The Morgan fingerprint density at radius 2 is 2.16 bits per heavy atom. The van der Waals surface area contributed by atoms with Crippen LogP contribution in [0, 0.1) is 0 Å². The van der Waals surface area contributed by atoms with E-state index in [9.17, 15) is 9.90 Å². The highest BCUT2D eigenvalue weighted by Gasteiger charge is 2.05. The zero-order chi connectivity index (χ0) is 13.8. The number of aromatic hydroxyl groups is 1. The van der Waals surface area contributed by atoms with Gasteiger partial charge >= 0.3 is 0 Å². The summed E-state index contributed by atoms with van der Waals surface area (Å²) in [6.45, 7) is 2.06. The van der Waals surface area contributed by atoms with Gasteiger partial charge in [-0.15, -0.1) is 11.3 Å². The van der Waals surface area contributed by atoms with Crippen molar-refractivity contribution in [1.82, 2.24) is 0 Å². The van der Waals surface area contributed by atoms with E-state index in [4.69, 9.17) is 11.6 Å². The summed E-state index contributed by atoms with van der Waals surface area (Å²) in [7, 11) is 0. The van der Waals surface area contributed by atoms with E-state index in [0.717, 1.165) is 16.9 Å². The highest BCUT2D eigenvalue weighted by molar-refractivity contribution is 7.14. The van der Waals surface area contributed by atoms with Crippen molar-refractivity contribution in [1.29, 1.82) is 0 Å². The standard InChI is InChI=1S/C15H13ClO2S/c1-2-11-5-8-15(19-11)14(18)7-4-10-3-6-13(17)12(16)9-10/h3-9,17H,2H2,1H3. The van der Waals surface area contributed by atoms with Gasteiger partial charge in [-0.25, -0.2) is 0 Å². The van der Waals surface area contributed by atoms with Crippen LogP contribution in [0.2, 0.25) is 5.02 Å². The summed E-state index contributed by atoms with van der Waals surface area (Å²) >= 11 is 7.32. The normalized spacial score (nSPS) is 11.1. The number of allylic oxidation sites excluding steroid dienone is 1. The van der Waals surface area contributed by atoms with Crippen LogP contribution in [0.15, 0.2) is 36.4 Å². The van der Waals surface area contributed by atoms with Crippen molar-refractivity contribution in [2.75, 3.05) is 0 Å². The molecule has 0 bridgehead atoms. The Morgan fingerprint density at radius 3 is 2.79 bits per heavy atom. The number of carbonyl (C=O) groups excluding carboxylic acids is 1. The van der Waals surface area contributed by atoms with E-state index in [1.54, 1.807) is 18.2 Å². The van der Waals surface area contributed by atoms with E-state index in [1.807, 2.05) is 12.1 Å². The van der Waals surface area contributed by atoms with Crippen LogP contribution in [0.1, 0.15) is 27.0 Å². The first-order valence-corrected chi connectivity index (χ1v) is 7.09. The van der Waals surface area contributed by atoms with Crippen molar-refractivity contribution in [3.05, 3.63) is 56.7 Å². The van der Waals surface area contributed by atoms with Crippen LogP contribution in [0.5, 0.6) is 5.75 Å². The topological polar surface area (TPSA) is 37.3 Å². The molecule has 0 spiro atoms. The lowest BCUT2D eigenvalue weighted by Gasteiger charge is -1.97. The Balaban J connectivity index is 2.13. The zero-order valence-corrected chi connectivity index (χ0v) is 12.0. The predicted octanol–water partition coefficient (Wildman–Crippen LogP) is 4.57. The summed E-state index contributed by atoms with van der Waals surface area (Å²) in [5.41, 5.74) is 0.781. The number of hydrogen-bond donors (Lipinski definition) is 1. The molecule has 0 radical (unpaired) electrons. The molecule has 0 fully saturated rings. The molecule has 98 valence electrons. The van der Waals surface area contributed by atoms with Gasteiger partial charge in [-0.3, -0.25) is 4.79 Å². The smallest absolute Gasteiger partial charge is 0.195 e. The van der Waals surface area contributed by atoms with Crippen LogP contribution < -0.4 is 0 Å². The van der Waals surface area contributed by atoms with Gasteiger partial charge in [0, 0.05) is 4.88 Å². The van der Waals surface area contributed by atoms with Crippen molar-refractivity contribution < 1.29 is 9.90 Å². The van der Waals surface area contributed by atoms with E-state index in [1.165, 1.54) is 28.4 Å². The third-order valence-electron chi connectivity index (χ3n) is 2.65. The summed E-state index contributed by atoms with van der Waals surface area (Å²) in [4.78, 5) is 13.9. The molecule has 2 nitrogen and oxygen atoms in total. The van der Waals surface area contributed by atoms with Crippen LogP contribution in [0.4, 0.5) is 0 Å². The van der Waals surface area contributed by atoms with Crippen LogP contribution in [-0.2, 0) is 6.42 Å². The summed E-state index contributed by atoms with van der Waals surface area (Å²) in [6, 6.07) is 8.65. The van der Waals surface area contributed by atoms with Crippen molar-refractivity contribution in [3.8, 4) is 5.75 Å². The number of phenols is 1. The van der Waals surface area contributed by atoms with Gasteiger partial charge in [0.25, 0.3) is 0 Å². The first-order valence-electron chi connectivity index (χ1n) is 5.90. The maximum absolute atomic E-state index is 11.9. The molecule has 0 saturated heterocycles. The third-order valence-corrected chi connectivity index (χ3v) is 4.20. The fraction of sp³-hybridized carbons (Fsp3) is 0.133. The van der Waals surface area contributed by atoms with E-state index >= 15 is 0 Å².